The van der Waals surface area contributed by atoms with E-state index in [1.54, 1.807) is 42.2 Å². The molecule has 1 saturated heterocycles. The molecule has 0 bridgehead atoms. The minimum absolute atomic E-state index is 0.197. The molecule has 178 valence electrons. The number of amides is 2. The fourth-order valence-corrected chi connectivity index (χ4v) is 3.98. The van der Waals surface area contributed by atoms with Gasteiger partial charge in [0.05, 0.1) is 17.4 Å². The molecule has 4 N–H and O–H groups in total. The molecular formula is C23H28F3N5O2. The predicted octanol–water partition coefficient (Wildman–Crippen LogP) is 4.06. The zero-order chi connectivity index (χ0) is 24.4. The summed E-state index contributed by atoms with van der Waals surface area (Å²) in [5.41, 5.74) is 7.04. The van der Waals surface area contributed by atoms with Gasteiger partial charge in [0, 0.05) is 12.2 Å². The maximum Gasteiger partial charge on any atom is 0.405 e. The number of pyridine rings is 1. The summed E-state index contributed by atoms with van der Waals surface area (Å²) in [6.45, 7) is 4.88. The molecule has 1 fully saturated rings. The second-order valence-electron chi connectivity index (χ2n) is 8.76. The van der Waals surface area contributed by atoms with Gasteiger partial charge >= 0.3 is 18.0 Å². The molecule has 10 heteroatoms. The van der Waals surface area contributed by atoms with Crippen LogP contribution in [0.4, 0.5) is 30.4 Å². The molecule has 1 aliphatic heterocycles. The summed E-state index contributed by atoms with van der Waals surface area (Å²) < 4.78 is 37.4. The number of anilines is 3. The predicted molar refractivity (Wildman–Crippen MR) is 120 cm³/mol. The van der Waals surface area contributed by atoms with Crippen LogP contribution < -0.4 is 16.4 Å². The van der Waals surface area contributed by atoms with E-state index in [0.29, 0.717) is 35.7 Å². The Labute approximate surface area is 190 Å². The third-order valence-corrected chi connectivity index (χ3v) is 6.03. The summed E-state index contributed by atoms with van der Waals surface area (Å²) in [6, 6.07) is 8.13. The van der Waals surface area contributed by atoms with E-state index in [1.165, 1.54) is 6.20 Å². The average Bonchev–Trinajstić information content (AvgIpc) is 2.76. The summed E-state index contributed by atoms with van der Waals surface area (Å²) in [5.74, 6) is -0.935. The number of piperidine rings is 1. The van der Waals surface area contributed by atoms with Gasteiger partial charge in [0.1, 0.15) is 12.4 Å². The van der Waals surface area contributed by atoms with Crippen LogP contribution in [-0.4, -0.2) is 41.0 Å². The van der Waals surface area contributed by atoms with Crippen molar-refractivity contribution in [3.8, 4) is 0 Å². The number of nitrogens with one attached hydrogen (secondary N) is 2. The largest absolute Gasteiger partial charge is 0.405 e. The molecule has 0 aliphatic carbocycles. The number of aromatic nitrogens is 1. The minimum atomic E-state index is -4.32. The van der Waals surface area contributed by atoms with Gasteiger partial charge in [-0.05, 0) is 61.9 Å². The van der Waals surface area contributed by atoms with Crippen LogP contribution in [0.1, 0.15) is 37.8 Å². The standard InChI is InChI=1S/C23H28F3N5O2/c1-14-8-9-22(3,16-4-6-17(7-5-16)29-13-23(24,25)26)31(12-14)21(33)20(32)30-18-10-15(2)19(27)28-11-18/h4-7,10-11,14,29H,8-9,12-13H2,1-3H3,(H2,27,28)(H,30,32)/t14-,22-/m0/s1. The quantitative estimate of drug-likeness (QED) is 0.594. The number of benzene rings is 1. The minimum Gasteiger partial charge on any atom is -0.383 e. The number of carbonyl (C=O) groups is 2. The lowest BCUT2D eigenvalue weighted by molar-refractivity contribution is -0.150. The van der Waals surface area contributed by atoms with Crippen molar-refractivity contribution in [2.75, 3.05) is 29.5 Å². The highest BCUT2D eigenvalue weighted by molar-refractivity contribution is 6.39. The molecule has 33 heavy (non-hydrogen) atoms. The van der Waals surface area contributed by atoms with Gasteiger partial charge in [-0.1, -0.05) is 19.1 Å². The lowest BCUT2D eigenvalue weighted by atomic mass is 9.79. The Balaban J connectivity index is 1.80. The number of aryl methyl sites for hydroxylation is 1. The molecule has 0 spiro atoms. The number of nitrogen functional groups attached to an aromatic ring is 1. The van der Waals surface area contributed by atoms with Crippen molar-refractivity contribution in [2.24, 2.45) is 5.92 Å². The molecule has 2 aromatic rings. The Kier molecular flexibility index (Phi) is 6.85. The van der Waals surface area contributed by atoms with E-state index in [0.717, 1.165) is 12.0 Å². The van der Waals surface area contributed by atoms with Crippen LogP contribution in [0.15, 0.2) is 36.5 Å². The van der Waals surface area contributed by atoms with E-state index in [-0.39, 0.29) is 5.92 Å². The van der Waals surface area contributed by atoms with E-state index in [2.05, 4.69) is 15.6 Å². The van der Waals surface area contributed by atoms with Crippen molar-refractivity contribution in [3.63, 3.8) is 0 Å². The van der Waals surface area contributed by atoms with E-state index in [9.17, 15) is 22.8 Å². The van der Waals surface area contributed by atoms with E-state index < -0.39 is 30.1 Å². The molecule has 1 aromatic heterocycles. The first-order valence-corrected chi connectivity index (χ1v) is 10.7. The van der Waals surface area contributed by atoms with E-state index in [1.807, 2.05) is 13.8 Å². The van der Waals surface area contributed by atoms with Crippen molar-refractivity contribution in [1.29, 1.82) is 0 Å². The van der Waals surface area contributed by atoms with Crippen LogP contribution in [0.3, 0.4) is 0 Å². The van der Waals surface area contributed by atoms with Crippen molar-refractivity contribution in [2.45, 2.75) is 45.3 Å². The van der Waals surface area contributed by atoms with Crippen LogP contribution in [0.5, 0.6) is 0 Å². The normalized spacial score (nSPS) is 20.9. The van der Waals surface area contributed by atoms with Gasteiger partial charge in [0.2, 0.25) is 0 Å². The van der Waals surface area contributed by atoms with Gasteiger partial charge in [0.25, 0.3) is 0 Å². The number of alkyl halides is 3. The second-order valence-corrected chi connectivity index (χ2v) is 8.76. The molecular weight excluding hydrogens is 435 g/mol. The summed E-state index contributed by atoms with van der Waals surface area (Å²) in [7, 11) is 0. The van der Waals surface area contributed by atoms with Crippen LogP contribution in [-0.2, 0) is 15.1 Å². The Hall–Kier alpha value is -3.30. The van der Waals surface area contributed by atoms with Gasteiger partial charge in [-0.3, -0.25) is 9.59 Å². The van der Waals surface area contributed by atoms with Crippen LogP contribution in [0.2, 0.25) is 0 Å². The smallest absolute Gasteiger partial charge is 0.383 e. The number of halogens is 3. The number of likely N-dealkylation sites (tertiary alicyclic amines) is 1. The summed E-state index contributed by atoms with van der Waals surface area (Å²) in [6.07, 6.45) is -1.47. The zero-order valence-corrected chi connectivity index (χ0v) is 18.8. The molecule has 3 rings (SSSR count). The number of hydrogen-bond donors (Lipinski definition) is 3. The highest BCUT2D eigenvalue weighted by Crippen LogP contribution is 2.39. The molecule has 1 aromatic carbocycles. The first-order chi connectivity index (χ1) is 15.4. The van der Waals surface area contributed by atoms with Crippen molar-refractivity contribution >= 4 is 29.0 Å². The number of hydrogen-bond acceptors (Lipinski definition) is 5. The fraction of sp³-hybridized carbons (Fsp3) is 0.435. The van der Waals surface area contributed by atoms with Gasteiger partial charge in [-0.15, -0.1) is 0 Å². The van der Waals surface area contributed by atoms with E-state index >= 15 is 0 Å². The molecule has 7 nitrogen and oxygen atoms in total. The topological polar surface area (TPSA) is 100 Å². The molecule has 2 atom stereocenters. The van der Waals surface area contributed by atoms with E-state index in [4.69, 9.17) is 5.73 Å². The number of rotatable bonds is 4. The van der Waals surface area contributed by atoms with Crippen molar-refractivity contribution < 1.29 is 22.8 Å². The second kappa shape index (κ2) is 9.29. The van der Waals surface area contributed by atoms with Crippen molar-refractivity contribution in [1.82, 2.24) is 9.88 Å². The first-order valence-electron chi connectivity index (χ1n) is 10.7. The highest BCUT2D eigenvalue weighted by atomic mass is 19.4. The summed E-state index contributed by atoms with van der Waals surface area (Å²) in [5, 5.41) is 4.92. The third kappa shape index (κ3) is 5.74. The SMILES string of the molecule is Cc1cc(NC(=O)C(=O)N2C[C@@H](C)CC[C@@]2(C)c2ccc(NCC(F)(F)F)cc2)cnc1N. The number of nitrogens with zero attached hydrogens (tertiary/aromatic N) is 2. The monoisotopic (exact) mass is 463 g/mol. The maximum atomic E-state index is 13.2. The number of carbonyl (C=O) groups excluding carboxylic acids is 2. The Morgan fingerprint density at radius 2 is 1.91 bits per heavy atom. The molecule has 1 aliphatic rings. The van der Waals surface area contributed by atoms with Gasteiger partial charge in [-0.2, -0.15) is 13.2 Å². The Morgan fingerprint density at radius 1 is 1.24 bits per heavy atom. The maximum absolute atomic E-state index is 13.2. The summed E-state index contributed by atoms with van der Waals surface area (Å²) in [4.78, 5) is 31.5. The molecule has 2 heterocycles. The Bertz CT molecular complexity index is 1030. The van der Waals surface area contributed by atoms with Gasteiger partial charge in [0.15, 0.2) is 0 Å². The first kappa shape index (κ1) is 24.3. The fourth-order valence-electron chi connectivity index (χ4n) is 3.98. The van der Waals surface area contributed by atoms with Crippen LogP contribution in [0, 0.1) is 12.8 Å². The molecule has 0 radical (unpaired) electrons. The molecule has 0 saturated carbocycles. The lowest BCUT2D eigenvalue weighted by Crippen LogP contribution is -2.55. The van der Waals surface area contributed by atoms with Crippen molar-refractivity contribution in [3.05, 3.63) is 47.7 Å². The van der Waals surface area contributed by atoms with Gasteiger partial charge < -0.3 is 21.3 Å². The van der Waals surface area contributed by atoms with Crippen LogP contribution >= 0.6 is 0 Å². The number of nitrogens with two attached hydrogens (primary N) is 1. The molecule has 0 unspecified atom stereocenters. The Morgan fingerprint density at radius 3 is 2.52 bits per heavy atom. The third-order valence-electron chi connectivity index (χ3n) is 6.03. The van der Waals surface area contributed by atoms with Crippen LogP contribution in [0.25, 0.3) is 0 Å². The lowest BCUT2D eigenvalue weighted by Gasteiger charge is -2.47. The summed E-state index contributed by atoms with van der Waals surface area (Å²) >= 11 is 0. The molecule has 2 amide bonds. The highest BCUT2D eigenvalue weighted by Gasteiger charge is 2.43. The van der Waals surface area contributed by atoms with Gasteiger partial charge in [-0.25, -0.2) is 4.98 Å². The zero-order valence-electron chi connectivity index (χ0n) is 18.8. The average molecular weight is 464 g/mol.